The molecular weight excluding hydrogens is 214 g/mol. The van der Waals surface area contributed by atoms with E-state index < -0.39 is 0 Å². The Kier molecular flexibility index (Phi) is 2.61. The molecule has 2 aromatic rings. The number of rotatable bonds is 3. The summed E-state index contributed by atoms with van der Waals surface area (Å²) in [6.07, 6.45) is 0.325. The SMILES string of the molecule is COc1ccc2cc(OC3CNC3)ccc2c1. The van der Waals surface area contributed by atoms with Crippen molar-refractivity contribution in [1.29, 1.82) is 0 Å². The first-order chi connectivity index (χ1) is 8.35. The molecule has 3 heteroatoms. The maximum absolute atomic E-state index is 5.82. The molecule has 17 heavy (non-hydrogen) atoms. The van der Waals surface area contributed by atoms with Gasteiger partial charge in [-0.3, -0.25) is 0 Å². The summed E-state index contributed by atoms with van der Waals surface area (Å²) in [7, 11) is 1.68. The molecular formula is C14H15NO2. The third kappa shape index (κ3) is 2.06. The van der Waals surface area contributed by atoms with E-state index in [-0.39, 0.29) is 0 Å². The molecule has 0 bridgehead atoms. The number of hydrogen-bond acceptors (Lipinski definition) is 3. The average Bonchev–Trinajstić information content (AvgIpc) is 2.33. The molecule has 1 fully saturated rings. The van der Waals surface area contributed by atoms with E-state index in [0.29, 0.717) is 6.10 Å². The number of methoxy groups -OCH3 is 1. The van der Waals surface area contributed by atoms with Crippen molar-refractivity contribution < 1.29 is 9.47 Å². The molecule has 88 valence electrons. The lowest BCUT2D eigenvalue weighted by molar-refractivity contribution is 0.142. The summed E-state index contributed by atoms with van der Waals surface area (Å²) in [4.78, 5) is 0. The van der Waals surface area contributed by atoms with E-state index >= 15 is 0 Å². The van der Waals surface area contributed by atoms with Crippen molar-refractivity contribution >= 4 is 10.8 Å². The number of benzene rings is 2. The predicted molar refractivity (Wildman–Crippen MR) is 67.8 cm³/mol. The molecule has 0 unspecified atom stereocenters. The van der Waals surface area contributed by atoms with Crippen LogP contribution in [0.15, 0.2) is 36.4 Å². The molecule has 1 aliphatic rings. The number of ether oxygens (including phenoxy) is 2. The second-order valence-corrected chi connectivity index (χ2v) is 4.27. The first-order valence-corrected chi connectivity index (χ1v) is 5.80. The Hall–Kier alpha value is -1.74. The molecule has 0 saturated carbocycles. The Morgan fingerprint density at radius 2 is 1.65 bits per heavy atom. The normalized spacial score (nSPS) is 15.6. The van der Waals surface area contributed by atoms with Gasteiger partial charge in [-0.2, -0.15) is 0 Å². The zero-order chi connectivity index (χ0) is 11.7. The molecule has 0 radical (unpaired) electrons. The van der Waals surface area contributed by atoms with Crippen LogP contribution in [0.2, 0.25) is 0 Å². The van der Waals surface area contributed by atoms with Crippen LogP contribution in [0.5, 0.6) is 11.5 Å². The van der Waals surface area contributed by atoms with E-state index in [9.17, 15) is 0 Å². The van der Waals surface area contributed by atoms with Crippen molar-refractivity contribution in [2.24, 2.45) is 0 Å². The van der Waals surface area contributed by atoms with E-state index in [4.69, 9.17) is 9.47 Å². The van der Waals surface area contributed by atoms with E-state index in [0.717, 1.165) is 24.6 Å². The molecule has 0 atom stereocenters. The first kappa shape index (κ1) is 10.4. The molecule has 0 aliphatic carbocycles. The monoisotopic (exact) mass is 229 g/mol. The van der Waals surface area contributed by atoms with Gasteiger partial charge in [-0.05, 0) is 35.0 Å². The van der Waals surface area contributed by atoms with E-state index in [1.54, 1.807) is 7.11 Å². The summed E-state index contributed by atoms with van der Waals surface area (Å²) in [5.74, 6) is 1.82. The lowest BCUT2D eigenvalue weighted by atomic mass is 10.1. The molecule has 1 N–H and O–H groups in total. The first-order valence-electron chi connectivity index (χ1n) is 5.80. The molecule has 3 nitrogen and oxygen atoms in total. The molecule has 1 saturated heterocycles. The minimum absolute atomic E-state index is 0.325. The Morgan fingerprint density at radius 1 is 1.00 bits per heavy atom. The third-order valence-corrected chi connectivity index (χ3v) is 3.07. The van der Waals surface area contributed by atoms with Gasteiger partial charge in [0, 0.05) is 13.1 Å². The quantitative estimate of drug-likeness (QED) is 0.875. The van der Waals surface area contributed by atoms with Crippen molar-refractivity contribution in [3.63, 3.8) is 0 Å². The highest BCUT2D eigenvalue weighted by Gasteiger charge is 2.18. The summed E-state index contributed by atoms with van der Waals surface area (Å²) in [5.41, 5.74) is 0. The molecule has 0 aromatic heterocycles. The summed E-state index contributed by atoms with van der Waals surface area (Å²) >= 11 is 0. The Balaban J connectivity index is 1.90. The van der Waals surface area contributed by atoms with Gasteiger partial charge in [-0.1, -0.05) is 12.1 Å². The van der Waals surface area contributed by atoms with Gasteiger partial charge in [0.05, 0.1) is 7.11 Å². The second kappa shape index (κ2) is 4.26. The highest BCUT2D eigenvalue weighted by Crippen LogP contribution is 2.25. The van der Waals surface area contributed by atoms with Crippen molar-refractivity contribution in [3.8, 4) is 11.5 Å². The topological polar surface area (TPSA) is 30.5 Å². The van der Waals surface area contributed by atoms with Crippen LogP contribution < -0.4 is 14.8 Å². The van der Waals surface area contributed by atoms with Gasteiger partial charge in [0.2, 0.25) is 0 Å². The van der Waals surface area contributed by atoms with Crippen LogP contribution in [0.4, 0.5) is 0 Å². The van der Waals surface area contributed by atoms with Gasteiger partial charge in [0.25, 0.3) is 0 Å². The molecule has 0 spiro atoms. The van der Waals surface area contributed by atoms with Crippen molar-refractivity contribution in [2.75, 3.05) is 20.2 Å². The van der Waals surface area contributed by atoms with Gasteiger partial charge >= 0.3 is 0 Å². The highest BCUT2D eigenvalue weighted by molar-refractivity contribution is 5.85. The Morgan fingerprint density at radius 3 is 2.24 bits per heavy atom. The molecule has 0 amide bonds. The maximum atomic E-state index is 5.82. The maximum Gasteiger partial charge on any atom is 0.123 e. The summed E-state index contributed by atoms with van der Waals surface area (Å²) < 4.78 is 11.0. The van der Waals surface area contributed by atoms with Gasteiger partial charge in [-0.15, -0.1) is 0 Å². The smallest absolute Gasteiger partial charge is 0.123 e. The van der Waals surface area contributed by atoms with Crippen LogP contribution in [0, 0.1) is 0 Å². The van der Waals surface area contributed by atoms with Crippen LogP contribution in [0.1, 0.15) is 0 Å². The lowest BCUT2D eigenvalue weighted by Crippen LogP contribution is -2.50. The third-order valence-electron chi connectivity index (χ3n) is 3.07. The molecule has 1 aliphatic heterocycles. The zero-order valence-corrected chi connectivity index (χ0v) is 9.77. The van der Waals surface area contributed by atoms with Gasteiger partial charge in [0.1, 0.15) is 17.6 Å². The number of nitrogens with one attached hydrogen (secondary N) is 1. The largest absolute Gasteiger partial charge is 0.497 e. The second-order valence-electron chi connectivity index (χ2n) is 4.27. The van der Waals surface area contributed by atoms with Crippen LogP contribution in [-0.4, -0.2) is 26.3 Å². The van der Waals surface area contributed by atoms with Crippen LogP contribution in [0.25, 0.3) is 10.8 Å². The van der Waals surface area contributed by atoms with Crippen LogP contribution >= 0.6 is 0 Å². The van der Waals surface area contributed by atoms with Crippen molar-refractivity contribution in [2.45, 2.75) is 6.10 Å². The van der Waals surface area contributed by atoms with Crippen LogP contribution in [-0.2, 0) is 0 Å². The van der Waals surface area contributed by atoms with Crippen molar-refractivity contribution in [3.05, 3.63) is 36.4 Å². The number of fused-ring (bicyclic) bond motifs is 1. The summed E-state index contributed by atoms with van der Waals surface area (Å²) in [5, 5.41) is 5.54. The molecule has 1 heterocycles. The average molecular weight is 229 g/mol. The van der Waals surface area contributed by atoms with E-state index in [1.807, 2.05) is 18.2 Å². The lowest BCUT2D eigenvalue weighted by Gasteiger charge is -2.27. The van der Waals surface area contributed by atoms with Crippen molar-refractivity contribution in [1.82, 2.24) is 5.32 Å². The fourth-order valence-corrected chi connectivity index (χ4v) is 1.94. The minimum atomic E-state index is 0.325. The fraction of sp³-hybridized carbons (Fsp3) is 0.286. The molecule has 2 aromatic carbocycles. The standard InChI is InChI=1S/C14H15NO2/c1-16-12-4-2-11-7-13(5-3-10(11)6-12)17-14-8-15-9-14/h2-7,14-15H,8-9H2,1H3. The Labute approximate surface area is 100 Å². The summed E-state index contributed by atoms with van der Waals surface area (Å²) in [6.45, 7) is 1.89. The van der Waals surface area contributed by atoms with Gasteiger partial charge in [-0.25, -0.2) is 0 Å². The van der Waals surface area contributed by atoms with Gasteiger partial charge < -0.3 is 14.8 Å². The Bertz CT molecular complexity index is 535. The van der Waals surface area contributed by atoms with Crippen LogP contribution in [0.3, 0.4) is 0 Å². The zero-order valence-electron chi connectivity index (χ0n) is 9.77. The molecule has 3 rings (SSSR count). The van der Waals surface area contributed by atoms with E-state index in [1.165, 1.54) is 10.8 Å². The van der Waals surface area contributed by atoms with Gasteiger partial charge in [0.15, 0.2) is 0 Å². The summed E-state index contributed by atoms with van der Waals surface area (Å²) in [6, 6.07) is 12.2. The highest BCUT2D eigenvalue weighted by atomic mass is 16.5. The predicted octanol–water partition coefficient (Wildman–Crippen LogP) is 2.20. The minimum Gasteiger partial charge on any atom is -0.497 e. The van der Waals surface area contributed by atoms with E-state index in [2.05, 4.69) is 23.5 Å². The fourth-order valence-electron chi connectivity index (χ4n) is 1.94. The number of hydrogen-bond donors (Lipinski definition) is 1.